The first-order chi connectivity index (χ1) is 12.8. The minimum absolute atomic E-state index is 0.0328. The van der Waals surface area contributed by atoms with E-state index in [0.717, 1.165) is 10.1 Å². The number of imidazole rings is 1. The van der Waals surface area contributed by atoms with Crippen molar-refractivity contribution in [1.82, 2.24) is 9.55 Å². The summed E-state index contributed by atoms with van der Waals surface area (Å²) in [6, 6.07) is 10.5. The fourth-order valence-corrected chi connectivity index (χ4v) is 3.53. The fourth-order valence-electron chi connectivity index (χ4n) is 3.53. The number of benzene rings is 2. The highest BCUT2D eigenvalue weighted by Crippen LogP contribution is 2.43. The first-order valence-electron chi connectivity index (χ1n) is 8.31. The van der Waals surface area contributed by atoms with Gasteiger partial charge in [-0.15, -0.1) is 0 Å². The minimum Gasteiger partial charge on any atom is -0.483 e. The van der Waals surface area contributed by atoms with Gasteiger partial charge in [0.15, 0.2) is 5.75 Å². The largest absolute Gasteiger partial charge is 0.483 e. The Labute approximate surface area is 152 Å². The Morgan fingerprint density at radius 2 is 2.00 bits per heavy atom. The van der Waals surface area contributed by atoms with Crippen LogP contribution in [0.15, 0.2) is 36.4 Å². The van der Waals surface area contributed by atoms with Gasteiger partial charge in [0.05, 0.1) is 11.1 Å². The number of carbonyl (C=O) groups is 1. The minimum atomic E-state index is -4.66. The Morgan fingerprint density at radius 1 is 1.30 bits per heavy atom. The number of ether oxygens (including phenoxy) is 1. The average Bonchev–Trinajstić information content (AvgIpc) is 2.98. The van der Waals surface area contributed by atoms with Crippen molar-refractivity contribution in [3.63, 3.8) is 0 Å². The average molecular weight is 376 g/mol. The van der Waals surface area contributed by atoms with E-state index < -0.39 is 18.0 Å². The third kappa shape index (κ3) is 2.81. The molecule has 0 saturated carbocycles. The molecule has 0 fully saturated rings. The van der Waals surface area contributed by atoms with Crippen molar-refractivity contribution in [1.29, 1.82) is 0 Å². The predicted molar refractivity (Wildman–Crippen MR) is 90.8 cm³/mol. The maximum Gasteiger partial charge on any atom is 0.449 e. The number of halogens is 3. The van der Waals surface area contributed by atoms with E-state index in [1.54, 1.807) is 0 Å². The highest BCUT2D eigenvalue weighted by Gasteiger charge is 2.38. The zero-order valence-electron chi connectivity index (χ0n) is 14.2. The van der Waals surface area contributed by atoms with Crippen molar-refractivity contribution in [2.75, 3.05) is 0 Å². The van der Waals surface area contributed by atoms with Crippen LogP contribution >= 0.6 is 0 Å². The molecule has 2 aromatic carbocycles. The monoisotopic (exact) mass is 376 g/mol. The fraction of sp³-hybridized carbons (Fsp3) is 0.263. The summed E-state index contributed by atoms with van der Waals surface area (Å²) in [4.78, 5) is 15.4. The SMILES string of the molecule is Cn1c(C(F)(F)F)nc2c3c(c(C(=O)O)cc21)CCC(c1ccccc1)O3. The molecule has 8 heteroatoms. The zero-order valence-corrected chi connectivity index (χ0v) is 14.2. The maximum absolute atomic E-state index is 13.3. The summed E-state index contributed by atoms with van der Waals surface area (Å²) in [5.74, 6) is -2.17. The van der Waals surface area contributed by atoms with Crippen molar-refractivity contribution in [3.8, 4) is 5.75 Å². The number of fused-ring (bicyclic) bond motifs is 3. The predicted octanol–water partition coefficient (Wildman–Crippen LogP) is 4.36. The van der Waals surface area contributed by atoms with Crippen molar-refractivity contribution < 1.29 is 27.8 Å². The van der Waals surface area contributed by atoms with E-state index in [4.69, 9.17) is 4.74 Å². The van der Waals surface area contributed by atoms with Crippen LogP contribution in [0.1, 0.15) is 39.8 Å². The third-order valence-corrected chi connectivity index (χ3v) is 4.81. The highest BCUT2D eigenvalue weighted by atomic mass is 19.4. The molecule has 0 radical (unpaired) electrons. The molecule has 1 aliphatic heterocycles. The van der Waals surface area contributed by atoms with Crippen molar-refractivity contribution in [2.45, 2.75) is 25.1 Å². The molecule has 1 unspecified atom stereocenters. The first kappa shape index (κ1) is 17.4. The lowest BCUT2D eigenvalue weighted by atomic mass is 9.93. The second-order valence-electron chi connectivity index (χ2n) is 6.45. The summed E-state index contributed by atoms with van der Waals surface area (Å²) in [5.41, 5.74) is 1.32. The van der Waals surface area contributed by atoms with Gasteiger partial charge in [0, 0.05) is 12.6 Å². The summed E-state index contributed by atoms with van der Waals surface area (Å²) in [6.07, 6.45) is -4.12. The topological polar surface area (TPSA) is 64.4 Å². The second-order valence-corrected chi connectivity index (χ2v) is 6.45. The van der Waals surface area contributed by atoms with Crippen molar-refractivity contribution in [3.05, 3.63) is 58.9 Å². The smallest absolute Gasteiger partial charge is 0.449 e. The van der Waals surface area contributed by atoms with Crippen LogP contribution < -0.4 is 4.74 Å². The number of aryl methyl sites for hydroxylation is 1. The Bertz CT molecular complexity index is 1040. The number of nitrogens with zero attached hydrogens (tertiary/aromatic N) is 2. The highest BCUT2D eigenvalue weighted by molar-refractivity contribution is 5.98. The standard InChI is InChI=1S/C19H15F3N2O3/c1-24-13-9-12(17(25)26)11-7-8-14(10-5-3-2-4-6-10)27-16(11)15(13)23-18(24)19(20,21)22/h2-6,9,14H,7-8H2,1H3,(H,25,26). The summed E-state index contributed by atoms with van der Waals surface area (Å²) in [6.45, 7) is 0. The number of carboxylic acid groups (broad SMARTS) is 1. The van der Waals surface area contributed by atoms with Gasteiger partial charge in [0.25, 0.3) is 0 Å². The number of hydrogen-bond donors (Lipinski definition) is 1. The quantitative estimate of drug-likeness (QED) is 0.722. The number of hydrogen-bond acceptors (Lipinski definition) is 3. The number of alkyl halides is 3. The summed E-state index contributed by atoms with van der Waals surface area (Å²) in [7, 11) is 1.22. The second kappa shape index (κ2) is 6.00. The van der Waals surface area contributed by atoms with E-state index >= 15 is 0 Å². The molecule has 1 aromatic heterocycles. The lowest BCUT2D eigenvalue weighted by molar-refractivity contribution is -0.146. The molecular formula is C19H15F3N2O3. The lowest BCUT2D eigenvalue weighted by Gasteiger charge is -2.27. The molecule has 1 N–H and O–H groups in total. The van der Waals surface area contributed by atoms with Crippen LogP contribution in [0.3, 0.4) is 0 Å². The van der Waals surface area contributed by atoms with E-state index in [9.17, 15) is 23.1 Å². The van der Waals surface area contributed by atoms with E-state index in [-0.39, 0.29) is 28.5 Å². The Morgan fingerprint density at radius 3 is 2.63 bits per heavy atom. The molecule has 27 heavy (non-hydrogen) atoms. The van der Waals surface area contributed by atoms with E-state index in [2.05, 4.69) is 4.98 Å². The zero-order chi connectivity index (χ0) is 19.3. The normalized spacial score (nSPS) is 16.8. The van der Waals surface area contributed by atoms with Gasteiger partial charge in [-0.05, 0) is 24.5 Å². The summed E-state index contributed by atoms with van der Waals surface area (Å²) in [5, 5.41) is 9.53. The van der Waals surface area contributed by atoms with Crippen LogP contribution in [0.4, 0.5) is 13.2 Å². The molecule has 3 aromatic rings. The van der Waals surface area contributed by atoms with Gasteiger partial charge in [-0.2, -0.15) is 13.2 Å². The van der Waals surface area contributed by atoms with Gasteiger partial charge < -0.3 is 14.4 Å². The molecule has 1 aliphatic rings. The summed E-state index contributed by atoms with van der Waals surface area (Å²) >= 11 is 0. The Hall–Kier alpha value is -3.03. The first-order valence-corrected chi connectivity index (χ1v) is 8.31. The van der Waals surface area contributed by atoms with E-state index in [1.807, 2.05) is 30.3 Å². The molecule has 0 bridgehead atoms. The molecule has 2 heterocycles. The van der Waals surface area contributed by atoms with Crippen LogP contribution in [-0.2, 0) is 19.6 Å². The summed E-state index contributed by atoms with van der Waals surface area (Å²) < 4.78 is 46.7. The molecule has 0 spiro atoms. The Kier molecular flexibility index (Phi) is 3.87. The molecule has 1 atom stereocenters. The van der Waals surface area contributed by atoms with Crippen LogP contribution in [0.5, 0.6) is 5.75 Å². The van der Waals surface area contributed by atoms with Crippen molar-refractivity contribution >= 4 is 17.0 Å². The molecule has 0 saturated heterocycles. The van der Waals surface area contributed by atoms with Crippen LogP contribution in [0.25, 0.3) is 11.0 Å². The molecular weight excluding hydrogens is 361 g/mol. The van der Waals surface area contributed by atoms with Gasteiger partial charge in [-0.3, -0.25) is 0 Å². The number of rotatable bonds is 2. The van der Waals surface area contributed by atoms with Crippen molar-refractivity contribution in [2.24, 2.45) is 7.05 Å². The van der Waals surface area contributed by atoms with Gasteiger partial charge in [-0.25, -0.2) is 9.78 Å². The number of aromatic nitrogens is 2. The molecule has 0 aliphatic carbocycles. The lowest BCUT2D eigenvalue weighted by Crippen LogP contribution is -2.18. The van der Waals surface area contributed by atoms with E-state index in [0.29, 0.717) is 18.4 Å². The number of aromatic carboxylic acids is 1. The van der Waals surface area contributed by atoms with Gasteiger partial charge in [-0.1, -0.05) is 30.3 Å². The molecule has 0 amide bonds. The third-order valence-electron chi connectivity index (χ3n) is 4.81. The number of carboxylic acids is 1. The molecule has 140 valence electrons. The Balaban J connectivity index is 1.94. The van der Waals surface area contributed by atoms with Gasteiger partial charge >= 0.3 is 12.1 Å². The molecule has 4 rings (SSSR count). The van der Waals surface area contributed by atoms with E-state index in [1.165, 1.54) is 13.1 Å². The van der Waals surface area contributed by atoms with Crippen LogP contribution in [0.2, 0.25) is 0 Å². The van der Waals surface area contributed by atoms with Crippen LogP contribution in [-0.4, -0.2) is 20.6 Å². The van der Waals surface area contributed by atoms with Gasteiger partial charge in [0.1, 0.15) is 11.6 Å². The van der Waals surface area contributed by atoms with Crippen LogP contribution in [0, 0.1) is 0 Å². The molecule has 5 nitrogen and oxygen atoms in total. The van der Waals surface area contributed by atoms with Gasteiger partial charge in [0.2, 0.25) is 5.82 Å². The maximum atomic E-state index is 13.3.